The molecule has 0 heterocycles. The maximum Gasteiger partial charge on any atom is 0.267 e. The molecule has 6 heteroatoms. The highest BCUT2D eigenvalue weighted by atomic mass is 16.5. The van der Waals surface area contributed by atoms with E-state index in [1.54, 1.807) is 11.6 Å². The molecule has 0 radical (unpaired) electrons. The van der Waals surface area contributed by atoms with E-state index in [9.17, 15) is 9.59 Å². The summed E-state index contributed by atoms with van der Waals surface area (Å²) in [4.78, 5) is 24.1. The standard InChI is InChI=1S/C28H26N2O4/c31-27(30-33)17-10-20-6-8-21(9-7-20)18-26(28(32)29-24-13-14-24)23-11-15-25(16-12-23)34-19-22-4-2-1-3-5-22/h1-12,15-18,24,33H,13-14,19H2,(H,29,32)(H,30,31). The van der Waals surface area contributed by atoms with Gasteiger partial charge in [-0.3, -0.25) is 14.8 Å². The zero-order chi connectivity index (χ0) is 23.8. The van der Waals surface area contributed by atoms with E-state index in [1.165, 1.54) is 6.08 Å². The van der Waals surface area contributed by atoms with E-state index in [0.717, 1.165) is 40.8 Å². The third-order valence-corrected chi connectivity index (χ3v) is 5.36. The number of carbonyl (C=O) groups is 2. The fraction of sp³-hybridized carbons (Fsp3) is 0.143. The quantitative estimate of drug-likeness (QED) is 0.191. The van der Waals surface area contributed by atoms with Crippen molar-refractivity contribution in [3.8, 4) is 5.75 Å². The van der Waals surface area contributed by atoms with Crippen LogP contribution in [-0.2, 0) is 16.2 Å². The second-order valence-corrected chi connectivity index (χ2v) is 8.08. The van der Waals surface area contributed by atoms with Crippen LogP contribution in [-0.4, -0.2) is 23.1 Å². The summed E-state index contributed by atoms with van der Waals surface area (Å²) in [6.45, 7) is 0.478. The first-order valence-electron chi connectivity index (χ1n) is 11.1. The molecule has 3 N–H and O–H groups in total. The van der Waals surface area contributed by atoms with Gasteiger partial charge < -0.3 is 10.1 Å². The van der Waals surface area contributed by atoms with Crippen molar-refractivity contribution < 1.29 is 19.5 Å². The summed E-state index contributed by atoms with van der Waals surface area (Å²) in [7, 11) is 0. The summed E-state index contributed by atoms with van der Waals surface area (Å²) in [5.74, 6) is 0.0286. The number of hydrogen-bond donors (Lipinski definition) is 3. The Morgan fingerprint density at radius 2 is 1.59 bits per heavy atom. The number of rotatable bonds is 9. The molecule has 0 aromatic heterocycles. The molecule has 34 heavy (non-hydrogen) atoms. The molecule has 1 fully saturated rings. The van der Waals surface area contributed by atoms with Crippen molar-refractivity contribution >= 4 is 29.5 Å². The Morgan fingerprint density at radius 3 is 2.24 bits per heavy atom. The van der Waals surface area contributed by atoms with Crippen molar-refractivity contribution in [3.63, 3.8) is 0 Å². The van der Waals surface area contributed by atoms with E-state index < -0.39 is 5.91 Å². The minimum absolute atomic E-state index is 0.107. The van der Waals surface area contributed by atoms with Gasteiger partial charge in [0.2, 0.25) is 0 Å². The van der Waals surface area contributed by atoms with Gasteiger partial charge in [-0.15, -0.1) is 0 Å². The van der Waals surface area contributed by atoms with Crippen LogP contribution >= 0.6 is 0 Å². The molecule has 3 aromatic rings. The number of hydrogen-bond acceptors (Lipinski definition) is 4. The highest BCUT2D eigenvalue weighted by Crippen LogP contribution is 2.25. The highest BCUT2D eigenvalue weighted by Gasteiger charge is 2.25. The summed E-state index contributed by atoms with van der Waals surface area (Å²) in [5.41, 5.74) is 5.67. The van der Waals surface area contributed by atoms with Crippen LogP contribution in [0, 0.1) is 0 Å². The maximum absolute atomic E-state index is 13.0. The molecule has 1 aliphatic rings. The van der Waals surface area contributed by atoms with Crippen molar-refractivity contribution in [1.29, 1.82) is 0 Å². The SMILES string of the molecule is O=C(C=Cc1ccc(C=C(C(=O)NC2CC2)c2ccc(OCc3ccccc3)cc2)cc1)NO. The van der Waals surface area contributed by atoms with E-state index >= 15 is 0 Å². The fourth-order valence-electron chi connectivity index (χ4n) is 3.32. The first kappa shape index (κ1) is 23.0. The predicted molar refractivity (Wildman–Crippen MR) is 132 cm³/mol. The number of nitrogens with one attached hydrogen (secondary N) is 2. The number of amides is 2. The van der Waals surface area contributed by atoms with Gasteiger partial charge in [0.15, 0.2) is 0 Å². The van der Waals surface area contributed by atoms with Crippen molar-refractivity contribution in [2.45, 2.75) is 25.5 Å². The molecule has 172 valence electrons. The van der Waals surface area contributed by atoms with Gasteiger partial charge in [-0.1, -0.05) is 66.7 Å². The maximum atomic E-state index is 13.0. The molecule has 0 atom stereocenters. The van der Waals surface area contributed by atoms with Crippen LogP contribution in [0.3, 0.4) is 0 Å². The van der Waals surface area contributed by atoms with Crippen LogP contribution in [0.2, 0.25) is 0 Å². The molecular formula is C28H26N2O4. The lowest BCUT2D eigenvalue weighted by atomic mass is 10.0. The van der Waals surface area contributed by atoms with Crippen molar-refractivity contribution in [2.24, 2.45) is 0 Å². The molecule has 6 nitrogen and oxygen atoms in total. The van der Waals surface area contributed by atoms with Gasteiger partial charge in [0.05, 0.1) is 0 Å². The molecule has 4 rings (SSSR count). The summed E-state index contributed by atoms with van der Waals surface area (Å²) < 4.78 is 5.87. The lowest BCUT2D eigenvalue weighted by Crippen LogP contribution is -2.26. The first-order valence-corrected chi connectivity index (χ1v) is 11.1. The Bertz CT molecular complexity index is 1180. The van der Waals surface area contributed by atoms with Crippen LogP contribution in [0.5, 0.6) is 5.75 Å². The van der Waals surface area contributed by atoms with Crippen LogP contribution in [0.4, 0.5) is 0 Å². The molecule has 0 aliphatic heterocycles. The third-order valence-electron chi connectivity index (χ3n) is 5.36. The topological polar surface area (TPSA) is 87.7 Å². The highest BCUT2D eigenvalue weighted by molar-refractivity contribution is 6.24. The summed E-state index contributed by atoms with van der Waals surface area (Å²) in [5, 5.41) is 11.6. The monoisotopic (exact) mass is 454 g/mol. The molecule has 1 saturated carbocycles. The van der Waals surface area contributed by atoms with Crippen molar-refractivity contribution in [2.75, 3.05) is 0 Å². The Kier molecular flexibility index (Phi) is 7.53. The third kappa shape index (κ3) is 6.67. The van der Waals surface area contributed by atoms with E-state index in [4.69, 9.17) is 9.94 Å². The van der Waals surface area contributed by atoms with Crippen LogP contribution in [0.1, 0.15) is 35.1 Å². The first-order chi connectivity index (χ1) is 16.6. The van der Waals surface area contributed by atoms with Crippen LogP contribution < -0.4 is 15.5 Å². The van der Waals surface area contributed by atoms with Crippen molar-refractivity contribution in [3.05, 3.63) is 107 Å². The second-order valence-electron chi connectivity index (χ2n) is 8.08. The zero-order valence-electron chi connectivity index (χ0n) is 18.6. The lowest BCUT2D eigenvalue weighted by molar-refractivity contribution is -0.124. The Labute approximate surface area is 198 Å². The average Bonchev–Trinajstić information content (AvgIpc) is 3.70. The summed E-state index contributed by atoms with van der Waals surface area (Å²) in [6.07, 6.45) is 6.70. The molecule has 3 aromatic carbocycles. The minimum Gasteiger partial charge on any atom is -0.489 e. The molecular weight excluding hydrogens is 428 g/mol. The molecule has 0 spiro atoms. The van der Waals surface area contributed by atoms with E-state index in [0.29, 0.717) is 12.2 Å². The number of hydroxylamine groups is 1. The van der Waals surface area contributed by atoms with Gasteiger partial charge in [-0.05, 0) is 59.4 Å². The van der Waals surface area contributed by atoms with Gasteiger partial charge in [0.25, 0.3) is 11.8 Å². The molecule has 2 amide bonds. The van der Waals surface area contributed by atoms with Gasteiger partial charge >= 0.3 is 0 Å². The van der Waals surface area contributed by atoms with E-state index in [1.807, 2.05) is 84.9 Å². The smallest absolute Gasteiger partial charge is 0.267 e. The molecule has 1 aliphatic carbocycles. The Morgan fingerprint density at radius 1 is 0.912 bits per heavy atom. The minimum atomic E-state index is -0.598. The number of benzene rings is 3. The zero-order valence-corrected chi connectivity index (χ0v) is 18.6. The van der Waals surface area contributed by atoms with E-state index in [2.05, 4.69) is 5.32 Å². The second kappa shape index (κ2) is 11.1. The van der Waals surface area contributed by atoms with Gasteiger partial charge in [-0.2, -0.15) is 0 Å². The average molecular weight is 455 g/mol. The lowest BCUT2D eigenvalue weighted by Gasteiger charge is -2.11. The van der Waals surface area contributed by atoms with Crippen LogP contribution in [0.15, 0.2) is 84.9 Å². The number of ether oxygens (including phenoxy) is 1. The normalized spacial score (nSPS) is 13.5. The molecule has 0 unspecified atom stereocenters. The van der Waals surface area contributed by atoms with Gasteiger partial charge in [-0.25, -0.2) is 5.48 Å². The Balaban J connectivity index is 1.51. The Hall–Kier alpha value is -4.16. The summed E-state index contributed by atoms with van der Waals surface area (Å²) >= 11 is 0. The van der Waals surface area contributed by atoms with Crippen molar-refractivity contribution in [1.82, 2.24) is 10.8 Å². The molecule has 0 saturated heterocycles. The fourth-order valence-corrected chi connectivity index (χ4v) is 3.32. The van der Waals surface area contributed by atoms with Crippen LogP contribution in [0.25, 0.3) is 17.7 Å². The predicted octanol–water partition coefficient (Wildman–Crippen LogP) is 4.60. The molecule has 0 bridgehead atoms. The van der Waals surface area contributed by atoms with Gasteiger partial charge in [0.1, 0.15) is 12.4 Å². The summed E-state index contributed by atoms with van der Waals surface area (Å²) in [6, 6.07) is 25.1. The largest absolute Gasteiger partial charge is 0.489 e. The van der Waals surface area contributed by atoms with Gasteiger partial charge in [0, 0.05) is 17.7 Å². The van der Waals surface area contributed by atoms with E-state index in [-0.39, 0.29) is 11.9 Å². The number of carbonyl (C=O) groups excluding carboxylic acids is 2.